The summed E-state index contributed by atoms with van der Waals surface area (Å²) in [7, 11) is -1.51. The van der Waals surface area contributed by atoms with Gasteiger partial charge in [-0.05, 0) is 87.6 Å². The molecule has 74 heavy (non-hydrogen) atoms. The number of nitrogens with zero attached hydrogens (tertiary/aromatic N) is 5. The first-order valence-electron chi connectivity index (χ1n) is 21.7. The van der Waals surface area contributed by atoms with Crippen molar-refractivity contribution in [3.05, 3.63) is 148 Å². The molecule has 0 radical (unpaired) electrons. The molecule has 5 N–H and O–H groups in total. The van der Waals surface area contributed by atoms with Gasteiger partial charge in [0.25, 0.3) is 0 Å². The van der Waals surface area contributed by atoms with Gasteiger partial charge in [-0.2, -0.15) is 39.5 Å². The van der Waals surface area contributed by atoms with Gasteiger partial charge in [0.2, 0.25) is 0 Å². The number of nitrogens with one attached hydrogen (secondary N) is 4. The third kappa shape index (κ3) is 17.0. The van der Waals surface area contributed by atoms with Crippen molar-refractivity contribution in [1.82, 2.24) is 44.9 Å². The van der Waals surface area contributed by atoms with Crippen molar-refractivity contribution in [1.29, 1.82) is 0 Å². The van der Waals surface area contributed by atoms with Crippen LogP contribution in [0.3, 0.4) is 0 Å². The van der Waals surface area contributed by atoms with Crippen molar-refractivity contribution in [2.75, 3.05) is 19.8 Å². The van der Waals surface area contributed by atoms with E-state index < -0.39 is 49.1 Å². The van der Waals surface area contributed by atoms with E-state index in [-0.39, 0.29) is 29.6 Å². The SMILES string of the molecule is Cc1c(OCC(F)(F)F)ccnc1CO.Cc1c(OCC(F)(F)F)ccnc1CS(=O)c1nc2ccccc2[nH]1.Cc1c(OCC(F)(F)F)ccnc1CSc1nc2ccccc2[nH]1.S=c1[nH]c2ccccc2[nH]1. The third-order valence-corrected chi connectivity index (χ3v) is 12.3. The van der Waals surface area contributed by atoms with Crippen LogP contribution >= 0.6 is 24.0 Å². The Morgan fingerprint density at radius 3 is 1.42 bits per heavy atom. The number of hydrogen-bond donors (Lipinski definition) is 5. The Balaban J connectivity index is 0.000000169. The lowest BCUT2D eigenvalue weighted by Gasteiger charge is -2.13. The summed E-state index contributed by atoms with van der Waals surface area (Å²) in [5, 5.41) is 9.86. The van der Waals surface area contributed by atoms with Crippen LogP contribution in [0.1, 0.15) is 33.8 Å². The second-order valence-electron chi connectivity index (χ2n) is 15.5. The van der Waals surface area contributed by atoms with E-state index in [2.05, 4.69) is 49.6 Å². The number of aromatic nitrogens is 9. The maximum Gasteiger partial charge on any atom is 0.422 e. The maximum absolute atomic E-state index is 12.5. The van der Waals surface area contributed by atoms with Crippen molar-refractivity contribution in [2.24, 2.45) is 0 Å². The average Bonchev–Trinajstić information content (AvgIpc) is 4.09. The van der Waals surface area contributed by atoms with Crippen LogP contribution in [0.15, 0.2) is 120 Å². The molecule has 392 valence electrons. The highest BCUT2D eigenvalue weighted by molar-refractivity contribution is 7.98. The summed E-state index contributed by atoms with van der Waals surface area (Å²) in [6, 6.07) is 27.0. The van der Waals surface area contributed by atoms with Crippen molar-refractivity contribution in [3.63, 3.8) is 0 Å². The van der Waals surface area contributed by atoms with Gasteiger partial charge in [-0.15, -0.1) is 0 Å². The van der Waals surface area contributed by atoms with Gasteiger partial charge in [0.1, 0.15) is 17.2 Å². The molecule has 3 aromatic carbocycles. The van der Waals surface area contributed by atoms with E-state index >= 15 is 0 Å². The molecule has 9 aromatic rings. The van der Waals surface area contributed by atoms with Gasteiger partial charge < -0.3 is 39.3 Å². The summed E-state index contributed by atoms with van der Waals surface area (Å²) >= 11 is 6.34. The molecule has 0 aliphatic rings. The molecule has 0 fully saturated rings. The van der Waals surface area contributed by atoms with E-state index in [1.54, 1.807) is 26.8 Å². The number of ether oxygens (including phenoxy) is 3. The number of alkyl halides is 9. The maximum atomic E-state index is 12.5. The first-order valence-corrected chi connectivity index (χ1v) is 24.4. The predicted molar refractivity (Wildman–Crippen MR) is 263 cm³/mol. The zero-order valence-corrected chi connectivity index (χ0v) is 41.5. The summed E-state index contributed by atoms with van der Waals surface area (Å²) in [6.07, 6.45) is -9.07. The van der Waals surface area contributed by atoms with Crippen LogP contribution in [0.2, 0.25) is 0 Å². The molecule has 0 saturated carbocycles. The molecule has 26 heteroatoms. The Morgan fingerprint density at radius 2 is 0.959 bits per heavy atom. The van der Waals surface area contributed by atoms with Crippen molar-refractivity contribution < 1.29 is 63.0 Å². The molecule has 1 atom stereocenters. The number of thioether (sulfide) groups is 1. The van der Waals surface area contributed by atoms with E-state index in [4.69, 9.17) is 26.8 Å². The number of halogens is 9. The predicted octanol–water partition coefficient (Wildman–Crippen LogP) is 12.1. The summed E-state index contributed by atoms with van der Waals surface area (Å²) in [4.78, 5) is 33.0. The van der Waals surface area contributed by atoms with Crippen molar-refractivity contribution >= 4 is 67.9 Å². The largest absolute Gasteiger partial charge is 0.484 e. The number of pyridine rings is 3. The number of fused-ring (bicyclic) bond motifs is 3. The monoisotopic (exact) mass is 1090 g/mol. The lowest BCUT2D eigenvalue weighted by molar-refractivity contribution is -0.154. The lowest BCUT2D eigenvalue weighted by atomic mass is 10.2. The molecule has 0 bridgehead atoms. The number of H-pyrrole nitrogens is 4. The molecule has 9 rings (SSSR count). The highest BCUT2D eigenvalue weighted by atomic mass is 32.2. The molecule has 1 unspecified atom stereocenters. The molecule has 14 nitrogen and oxygen atoms in total. The molecule has 6 heterocycles. The third-order valence-electron chi connectivity index (χ3n) is 10.1. The highest BCUT2D eigenvalue weighted by Crippen LogP contribution is 2.29. The second-order valence-corrected chi connectivity index (χ2v) is 18.3. The average molecular weight is 1090 g/mol. The second kappa shape index (κ2) is 25.3. The normalized spacial score (nSPS) is 12.0. The van der Waals surface area contributed by atoms with E-state index in [9.17, 15) is 43.7 Å². The molecular weight excluding hydrogens is 1050 g/mol. The number of imidazole rings is 3. The van der Waals surface area contributed by atoms with Crippen LogP contribution < -0.4 is 14.2 Å². The summed E-state index contributed by atoms with van der Waals surface area (Å²) < 4.78 is 137. The molecule has 0 aliphatic heterocycles. The molecule has 0 amide bonds. The number of aromatic amines is 4. The van der Waals surface area contributed by atoms with Gasteiger partial charge in [-0.1, -0.05) is 48.2 Å². The molecule has 6 aromatic heterocycles. The van der Waals surface area contributed by atoms with E-state index in [1.165, 1.54) is 48.6 Å². The van der Waals surface area contributed by atoms with Crippen LogP contribution in [0.5, 0.6) is 17.2 Å². The fourth-order valence-corrected chi connectivity index (χ4v) is 8.65. The first-order chi connectivity index (χ1) is 35.1. The topological polar surface area (TPSA) is 193 Å². The van der Waals surface area contributed by atoms with Crippen LogP contribution in [0, 0.1) is 25.5 Å². The lowest BCUT2D eigenvalue weighted by Crippen LogP contribution is -2.20. The van der Waals surface area contributed by atoms with Gasteiger partial charge in [0.15, 0.2) is 34.9 Å². The van der Waals surface area contributed by atoms with E-state index in [0.29, 0.717) is 55.0 Å². The Kier molecular flexibility index (Phi) is 19.2. The molecule has 0 aliphatic carbocycles. The zero-order chi connectivity index (χ0) is 53.6. The van der Waals surface area contributed by atoms with Gasteiger partial charge in [0, 0.05) is 41.0 Å². The fourth-order valence-electron chi connectivity index (χ4n) is 6.42. The minimum atomic E-state index is -4.42. The number of hydrogen-bond acceptors (Lipinski definition) is 12. The Labute approximate surface area is 427 Å². The molecule has 0 saturated heterocycles. The van der Waals surface area contributed by atoms with Gasteiger partial charge >= 0.3 is 18.5 Å². The van der Waals surface area contributed by atoms with Crippen molar-refractivity contribution in [3.8, 4) is 17.2 Å². The summed E-state index contributed by atoms with van der Waals surface area (Å²) in [5.41, 5.74) is 8.22. The molecule has 0 spiro atoms. The number of rotatable bonds is 13. The Hall–Kier alpha value is -7.03. The summed E-state index contributed by atoms with van der Waals surface area (Å²) in [6.45, 7) is 0.469. The fraction of sp³-hybridized carbons (Fsp3) is 0.250. The number of aliphatic hydroxyl groups is 1. The Bertz CT molecular complexity index is 3260. The van der Waals surface area contributed by atoms with Crippen LogP contribution in [-0.2, 0) is 28.9 Å². The van der Waals surface area contributed by atoms with Gasteiger partial charge in [0.05, 0.1) is 73.3 Å². The van der Waals surface area contributed by atoms with Crippen LogP contribution in [0.4, 0.5) is 39.5 Å². The highest BCUT2D eigenvalue weighted by Gasteiger charge is 2.30. The zero-order valence-electron chi connectivity index (χ0n) is 39.1. The Morgan fingerprint density at radius 1 is 0.554 bits per heavy atom. The van der Waals surface area contributed by atoms with Crippen molar-refractivity contribution in [2.45, 2.75) is 67.7 Å². The summed E-state index contributed by atoms with van der Waals surface area (Å²) in [5.74, 6) is 0.863. The van der Waals surface area contributed by atoms with Crippen LogP contribution in [0.25, 0.3) is 33.1 Å². The number of para-hydroxylation sites is 6. The van der Waals surface area contributed by atoms with Gasteiger partial charge in [-0.25, -0.2) is 9.97 Å². The first kappa shape index (κ1) is 56.3. The number of aliphatic hydroxyl groups excluding tert-OH is 1. The standard InChI is InChI=1S/C16H14F3N3O2S.C16H14F3N3OS.C9H10F3NO2.C7H6N2S/c1-10-13(20-7-6-14(10)24-9-16(17,18)19)8-25(23)15-21-11-4-2-3-5-12(11)22-15;1-10-13(20-7-6-14(10)23-9-16(17,18)19)8-24-15-21-11-4-2-3-5-12(11)22-15;1-6-7(4-14)13-3-2-8(6)15-5-9(10,11)12;10-7-8-5-3-1-2-4-6(5)9-7/h2-7H,8-9H2,1H3,(H,21,22);2-7H,8-9H2,1H3,(H,21,22);2-3,14H,4-5H2,1H3;1-4H,(H2,8,9,10). The van der Waals surface area contributed by atoms with Crippen LogP contribution in [-0.4, -0.2) is 92.5 Å². The minimum Gasteiger partial charge on any atom is -0.484 e. The minimum absolute atomic E-state index is 0.0227. The number of benzene rings is 3. The van der Waals surface area contributed by atoms with E-state index in [1.807, 2.05) is 66.7 Å². The smallest absolute Gasteiger partial charge is 0.422 e. The van der Waals surface area contributed by atoms with Gasteiger partial charge in [-0.3, -0.25) is 19.2 Å². The van der Waals surface area contributed by atoms with E-state index in [0.717, 1.165) is 32.7 Å². The molecular formula is C48H44F9N9O5S3. The quantitative estimate of drug-likeness (QED) is 0.0417.